The quantitative estimate of drug-likeness (QED) is 0.0149. The fourth-order valence-electron chi connectivity index (χ4n) is 6.50. The van der Waals surface area contributed by atoms with E-state index in [0.29, 0.717) is 19.3 Å². The second kappa shape index (κ2) is 37.6. The number of carbonyl (C=O) groups is 2. The SMILES string of the molecule is CCCCC/C=C/C/C=C/C/C=C/C/C=C/C/C=C/CCC(=O)O[C@H](COC(=O)CCCCCCC/C=C/CCCCCCC)COP(=O)(O)OC1C(O)C(O)C(O)[C@H](O)C1O. The minimum atomic E-state index is -5.14. The highest BCUT2D eigenvalue weighted by atomic mass is 31.2. The summed E-state index contributed by atoms with van der Waals surface area (Å²) < 4.78 is 33.4. The van der Waals surface area contributed by atoms with Gasteiger partial charge >= 0.3 is 19.8 Å². The van der Waals surface area contributed by atoms with Crippen molar-refractivity contribution in [2.45, 2.75) is 204 Å². The predicted molar refractivity (Wildman–Crippen MR) is 244 cm³/mol. The molecule has 0 heterocycles. The molecule has 0 bridgehead atoms. The van der Waals surface area contributed by atoms with Gasteiger partial charge < -0.3 is 39.9 Å². The van der Waals surface area contributed by atoms with Crippen molar-refractivity contribution in [1.29, 1.82) is 0 Å². The number of hydrogen-bond acceptors (Lipinski definition) is 12. The highest BCUT2D eigenvalue weighted by Gasteiger charge is 2.51. The summed E-state index contributed by atoms with van der Waals surface area (Å²) in [6.45, 7) is 3.18. The lowest BCUT2D eigenvalue weighted by Gasteiger charge is -2.41. The molecule has 1 saturated carbocycles. The van der Waals surface area contributed by atoms with Crippen molar-refractivity contribution in [3.63, 3.8) is 0 Å². The largest absolute Gasteiger partial charge is 0.472 e. The van der Waals surface area contributed by atoms with Crippen LogP contribution in [0.4, 0.5) is 0 Å². The van der Waals surface area contributed by atoms with Crippen LogP contribution in [0.5, 0.6) is 0 Å². The van der Waals surface area contributed by atoms with Crippen LogP contribution >= 0.6 is 7.82 Å². The summed E-state index contributed by atoms with van der Waals surface area (Å²) in [6.07, 6.45) is 34.0. The lowest BCUT2D eigenvalue weighted by Crippen LogP contribution is -2.64. The highest BCUT2D eigenvalue weighted by molar-refractivity contribution is 7.47. The van der Waals surface area contributed by atoms with Crippen molar-refractivity contribution in [3.8, 4) is 0 Å². The number of aliphatic hydroxyl groups is 5. The molecule has 1 aliphatic rings. The lowest BCUT2D eigenvalue weighted by molar-refractivity contribution is -0.220. The Labute approximate surface area is 372 Å². The van der Waals surface area contributed by atoms with Gasteiger partial charge in [-0.2, -0.15) is 0 Å². The zero-order chi connectivity index (χ0) is 45.7. The third-order valence-corrected chi connectivity index (χ3v) is 11.3. The Balaban J connectivity index is 2.53. The highest BCUT2D eigenvalue weighted by Crippen LogP contribution is 2.47. The van der Waals surface area contributed by atoms with Crippen LogP contribution in [0.3, 0.4) is 0 Å². The fourth-order valence-corrected chi connectivity index (χ4v) is 7.47. The van der Waals surface area contributed by atoms with Gasteiger partial charge in [0.2, 0.25) is 0 Å². The molecule has 0 aromatic carbocycles. The van der Waals surface area contributed by atoms with Gasteiger partial charge in [-0.3, -0.25) is 18.6 Å². The van der Waals surface area contributed by atoms with Crippen molar-refractivity contribution in [2.75, 3.05) is 13.2 Å². The molecule has 8 atom stereocenters. The Kier molecular flexibility index (Phi) is 34.8. The maximum Gasteiger partial charge on any atom is 0.472 e. The first kappa shape index (κ1) is 57.3. The molecule has 1 aliphatic carbocycles. The van der Waals surface area contributed by atoms with Crippen molar-refractivity contribution in [3.05, 3.63) is 72.9 Å². The molecule has 0 amide bonds. The molecule has 6 unspecified atom stereocenters. The predicted octanol–water partition coefficient (Wildman–Crippen LogP) is 9.11. The van der Waals surface area contributed by atoms with Gasteiger partial charge in [-0.1, -0.05) is 145 Å². The average Bonchev–Trinajstić information content (AvgIpc) is 3.25. The molecule has 14 heteroatoms. The fraction of sp³-hybridized carbons (Fsp3) is 0.708. The molecule has 62 heavy (non-hydrogen) atoms. The summed E-state index contributed by atoms with van der Waals surface area (Å²) in [6, 6.07) is 0. The Morgan fingerprint density at radius 1 is 0.500 bits per heavy atom. The molecule has 13 nitrogen and oxygen atoms in total. The van der Waals surface area contributed by atoms with E-state index in [4.69, 9.17) is 18.5 Å². The van der Waals surface area contributed by atoms with Gasteiger partial charge in [-0.25, -0.2) is 4.57 Å². The van der Waals surface area contributed by atoms with Crippen LogP contribution in [0.15, 0.2) is 72.9 Å². The number of ether oxygens (including phenoxy) is 2. The van der Waals surface area contributed by atoms with Crippen LogP contribution in [-0.4, -0.2) is 98.3 Å². The molecule has 0 aromatic heterocycles. The summed E-state index contributed by atoms with van der Waals surface area (Å²) in [5.41, 5.74) is 0. The number of rotatable bonds is 37. The topological polar surface area (TPSA) is 210 Å². The number of allylic oxidation sites excluding steroid dienone is 12. The van der Waals surface area contributed by atoms with Crippen LogP contribution < -0.4 is 0 Å². The van der Waals surface area contributed by atoms with Gasteiger partial charge in [0.1, 0.15) is 43.2 Å². The lowest BCUT2D eigenvalue weighted by atomic mass is 9.85. The van der Waals surface area contributed by atoms with Crippen LogP contribution in [0, 0.1) is 0 Å². The minimum absolute atomic E-state index is 0.0315. The van der Waals surface area contributed by atoms with Gasteiger partial charge in [0.05, 0.1) is 6.61 Å². The third-order valence-electron chi connectivity index (χ3n) is 10.3. The monoisotopic (exact) mass is 897 g/mol. The van der Waals surface area contributed by atoms with Crippen molar-refractivity contribution >= 4 is 19.8 Å². The van der Waals surface area contributed by atoms with E-state index in [-0.39, 0.29) is 12.8 Å². The third kappa shape index (κ3) is 29.6. The van der Waals surface area contributed by atoms with Gasteiger partial charge in [-0.05, 0) is 77.0 Å². The molecule has 6 N–H and O–H groups in total. The van der Waals surface area contributed by atoms with E-state index in [1.807, 2.05) is 18.2 Å². The van der Waals surface area contributed by atoms with E-state index in [1.54, 1.807) is 0 Å². The Morgan fingerprint density at radius 2 is 0.903 bits per heavy atom. The van der Waals surface area contributed by atoms with Crippen LogP contribution in [0.25, 0.3) is 0 Å². The van der Waals surface area contributed by atoms with Crippen LogP contribution in [-0.2, 0) is 32.7 Å². The molecule has 0 radical (unpaired) electrons. The van der Waals surface area contributed by atoms with Crippen molar-refractivity contribution in [1.82, 2.24) is 0 Å². The van der Waals surface area contributed by atoms with E-state index in [9.17, 15) is 44.6 Å². The molecule has 0 spiro atoms. The summed E-state index contributed by atoms with van der Waals surface area (Å²) >= 11 is 0. The van der Waals surface area contributed by atoms with E-state index in [2.05, 4.69) is 68.5 Å². The second-order valence-electron chi connectivity index (χ2n) is 15.9. The number of aliphatic hydroxyl groups excluding tert-OH is 5. The summed E-state index contributed by atoms with van der Waals surface area (Å²) in [5, 5.41) is 50.1. The number of unbranched alkanes of at least 4 members (excludes halogenated alkanes) is 13. The summed E-state index contributed by atoms with van der Waals surface area (Å²) in [7, 11) is -5.14. The van der Waals surface area contributed by atoms with Crippen LogP contribution in [0.2, 0.25) is 0 Å². The number of hydrogen-bond donors (Lipinski definition) is 6. The first-order valence-corrected chi connectivity index (χ1v) is 24.7. The minimum Gasteiger partial charge on any atom is -0.462 e. The molecule has 0 aliphatic heterocycles. The van der Waals surface area contributed by atoms with E-state index in [0.717, 1.165) is 64.2 Å². The maximum absolute atomic E-state index is 12.8. The first-order chi connectivity index (χ1) is 29.9. The molecule has 0 saturated heterocycles. The van der Waals surface area contributed by atoms with Crippen molar-refractivity contribution < 1.29 is 63.1 Å². The average molecular weight is 897 g/mol. The Bertz CT molecular complexity index is 1360. The van der Waals surface area contributed by atoms with Gasteiger partial charge in [0.25, 0.3) is 0 Å². The summed E-state index contributed by atoms with van der Waals surface area (Å²) in [4.78, 5) is 35.6. The van der Waals surface area contributed by atoms with Crippen LogP contribution in [0.1, 0.15) is 162 Å². The molecular weight excluding hydrogens is 815 g/mol. The Hall–Kier alpha value is -2.71. The van der Waals surface area contributed by atoms with E-state index >= 15 is 0 Å². The van der Waals surface area contributed by atoms with Crippen molar-refractivity contribution in [2.24, 2.45) is 0 Å². The smallest absolute Gasteiger partial charge is 0.462 e. The number of carbonyl (C=O) groups excluding carboxylic acids is 2. The molecule has 1 rings (SSSR count). The summed E-state index contributed by atoms with van der Waals surface area (Å²) in [5.74, 6) is -1.21. The molecule has 356 valence electrons. The maximum atomic E-state index is 12.8. The zero-order valence-electron chi connectivity index (χ0n) is 37.6. The normalized spacial score (nSPS) is 22.5. The Morgan fingerprint density at radius 3 is 1.44 bits per heavy atom. The molecule has 0 aromatic rings. The van der Waals surface area contributed by atoms with Gasteiger partial charge in [0, 0.05) is 12.8 Å². The van der Waals surface area contributed by atoms with E-state index < -0.39 is 75.7 Å². The number of esters is 2. The molecular formula is C48H81O13P. The first-order valence-electron chi connectivity index (χ1n) is 23.2. The number of phosphoric ester groups is 1. The number of phosphoric acid groups is 1. The van der Waals surface area contributed by atoms with Gasteiger partial charge in [-0.15, -0.1) is 0 Å². The zero-order valence-corrected chi connectivity index (χ0v) is 38.5. The van der Waals surface area contributed by atoms with E-state index in [1.165, 1.54) is 51.4 Å². The standard InChI is InChI=1S/C48H81O13P/c1-3-5-7-9-11-13-15-17-19-20-21-22-23-25-27-29-31-33-35-37-42(50)60-40(39-59-62(56,57)61-48-46(54)44(52)43(51)45(53)47(48)55)38-58-41(49)36-34-32-30-28-26-24-18-16-14-12-10-8-6-4-2/h11,13,16-19,21-22,25,27,31,33,40,43-48,51-55H,3-10,12,14-15,20,23-24,26,28-30,32,34-39H2,1-2H3,(H,56,57)/b13-11+,18-16+,19-17+,22-21+,27-25+,33-31+/t40-,43?,44+,45?,46?,47?,48?/m1/s1. The second-order valence-corrected chi connectivity index (χ2v) is 17.3. The van der Waals surface area contributed by atoms with Gasteiger partial charge in [0.15, 0.2) is 6.10 Å². The molecule has 1 fully saturated rings.